The quantitative estimate of drug-likeness (QED) is 0.849. The Hall–Kier alpha value is -1.50. The summed E-state index contributed by atoms with van der Waals surface area (Å²) < 4.78 is 0. The molecule has 3 nitrogen and oxygen atoms in total. The van der Waals surface area contributed by atoms with Crippen LogP contribution in [-0.2, 0) is 4.79 Å². The van der Waals surface area contributed by atoms with Gasteiger partial charge < -0.3 is 5.11 Å². The average molecular weight is 310 g/mol. The molecule has 1 aliphatic carbocycles. The Morgan fingerprint density at radius 2 is 2.00 bits per heavy atom. The summed E-state index contributed by atoms with van der Waals surface area (Å²) in [5, 5.41) is 19.3. The molecule has 2 atom stereocenters. The van der Waals surface area contributed by atoms with Gasteiger partial charge in [0.2, 0.25) is 0 Å². The molecule has 1 fully saturated rings. The van der Waals surface area contributed by atoms with Crippen molar-refractivity contribution in [2.45, 2.75) is 13.8 Å². The highest BCUT2D eigenvalue weighted by molar-refractivity contribution is 6.42. The van der Waals surface area contributed by atoms with Crippen molar-refractivity contribution in [1.29, 1.82) is 5.26 Å². The maximum Gasteiger partial charge on any atom is 0.307 e. The number of carbonyl (C=O) groups is 1. The molecule has 2 rings (SSSR count). The summed E-state index contributed by atoms with van der Waals surface area (Å²) in [7, 11) is 0. The van der Waals surface area contributed by atoms with Crippen molar-refractivity contribution in [3.63, 3.8) is 0 Å². The molecule has 1 aliphatic rings. The Morgan fingerprint density at radius 1 is 1.35 bits per heavy atom. The van der Waals surface area contributed by atoms with E-state index < -0.39 is 17.3 Å². The van der Waals surface area contributed by atoms with Crippen molar-refractivity contribution in [2.75, 3.05) is 0 Å². The lowest BCUT2D eigenvalue weighted by atomic mass is 10.0. The van der Waals surface area contributed by atoms with Crippen LogP contribution in [0.3, 0.4) is 0 Å². The van der Waals surface area contributed by atoms with Crippen molar-refractivity contribution in [3.8, 4) is 6.07 Å². The van der Waals surface area contributed by atoms with Gasteiger partial charge in [0.05, 0.1) is 22.0 Å². The topological polar surface area (TPSA) is 61.1 Å². The number of nitrogens with zero attached hydrogens (tertiary/aromatic N) is 1. The SMILES string of the molecule is CC1(C)C(C(=O)O)C1/C(C#N)=C\c1ccc(Cl)c(Cl)c1. The molecule has 0 amide bonds. The number of hydrogen-bond acceptors (Lipinski definition) is 2. The highest BCUT2D eigenvalue weighted by Gasteiger charge is 2.63. The van der Waals surface area contributed by atoms with Gasteiger partial charge in [-0.15, -0.1) is 0 Å². The fraction of sp³-hybridized carbons (Fsp3) is 0.333. The second kappa shape index (κ2) is 5.12. The Balaban J connectivity index is 2.35. The van der Waals surface area contributed by atoms with E-state index in [1.54, 1.807) is 24.3 Å². The van der Waals surface area contributed by atoms with Gasteiger partial charge in [0, 0.05) is 11.5 Å². The average Bonchev–Trinajstić information content (AvgIpc) is 2.94. The van der Waals surface area contributed by atoms with Gasteiger partial charge in [0.15, 0.2) is 0 Å². The normalized spacial score (nSPS) is 24.1. The molecule has 0 aromatic heterocycles. The Labute approximate surface area is 127 Å². The lowest BCUT2D eigenvalue weighted by molar-refractivity contribution is -0.139. The minimum Gasteiger partial charge on any atom is -0.481 e. The van der Waals surface area contributed by atoms with E-state index in [4.69, 9.17) is 23.2 Å². The number of allylic oxidation sites excluding steroid dienone is 1. The standard InChI is InChI=1S/C15H13Cl2NO2/c1-15(2)12(13(15)14(19)20)9(7-18)5-8-3-4-10(16)11(17)6-8/h3-6,12-13H,1-2H3,(H,19,20)/b9-5-. The lowest BCUT2D eigenvalue weighted by Gasteiger charge is -2.02. The number of hydrogen-bond donors (Lipinski definition) is 1. The number of nitriles is 1. The van der Waals surface area contributed by atoms with Crippen LogP contribution in [0, 0.1) is 28.6 Å². The van der Waals surface area contributed by atoms with Crippen LogP contribution in [-0.4, -0.2) is 11.1 Å². The number of carboxylic acids is 1. The second-order valence-corrected chi connectivity index (χ2v) is 6.31. The van der Waals surface area contributed by atoms with Crippen LogP contribution in [0.1, 0.15) is 19.4 Å². The van der Waals surface area contributed by atoms with Gasteiger partial charge in [-0.2, -0.15) is 5.26 Å². The molecule has 1 saturated carbocycles. The van der Waals surface area contributed by atoms with E-state index in [2.05, 4.69) is 6.07 Å². The maximum atomic E-state index is 11.2. The molecule has 0 bridgehead atoms. The van der Waals surface area contributed by atoms with Gasteiger partial charge in [-0.1, -0.05) is 43.1 Å². The summed E-state index contributed by atoms with van der Waals surface area (Å²) >= 11 is 11.8. The predicted molar refractivity (Wildman–Crippen MR) is 78.4 cm³/mol. The fourth-order valence-corrected chi connectivity index (χ4v) is 2.96. The van der Waals surface area contributed by atoms with Crippen LogP contribution < -0.4 is 0 Å². The number of aliphatic carboxylic acids is 1. The van der Waals surface area contributed by atoms with Crippen molar-refractivity contribution < 1.29 is 9.90 Å². The van der Waals surface area contributed by atoms with Gasteiger partial charge in [0.25, 0.3) is 0 Å². The van der Waals surface area contributed by atoms with E-state index in [0.29, 0.717) is 15.6 Å². The summed E-state index contributed by atoms with van der Waals surface area (Å²) in [6.45, 7) is 3.72. The molecular formula is C15H13Cl2NO2. The third kappa shape index (κ3) is 2.54. The first-order valence-electron chi connectivity index (χ1n) is 6.08. The molecule has 104 valence electrons. The molecule has 0 aliphatic heterocycles. The van der Waals surface area contributed by atoms with Gasteiger partial charge >= 0.3 is 5.97 Å². The molecule has 0 radical (unpaired) electrons. The molecule has 0 saturated heterocycles. The van der Waals surface area contributed by atoms with Gasteiger partial charge in [0.1, 0.15) is 0 Å². The monoisotopic (exact) mass is 309 g/mol. The first-order chi connectivity index (χ1) is 9.28. The van der Waals surface area contributed by atoms with Crippen LogP contribution in [0.2, 0.25) is 10.0 Å². The van der Waals surface area contributed by atoms with Crippen LogP contribution in [0.15, 0.2) is 23.8 Å². The Bertz CT molecular complexity index is 644. The van der Waals surface area contributed by atoms with Crippen molar-refractivity contribution in [3.05, 3.63) is 39.4 Å². The summed E-state index contributed by atoms with van der Waals surface area (Å²) in [6, 6.07) is 7.16. The summed E-state index contributed by atoms with van der Waals surface area (Å²) in [5.74, 6) is -1.65. The van der Waals surface area contributed by atoms with E-state index in [1.165, 1.54) is 0 Å². The zero-order valence-corrected chi connectivity index (χ0v) is 12.5. The number of halogens is 2. The molecule has 1 aromatic carbocycles. The van der Waals surface area contributed by atoms with Crippen molar-refractivity contribution in [2.24, 2.45) is 17.3 Å². The van der Waals surface area contributed by atoms with Crippen LogP contribution in [0.25, 0.3) is 6.08 Å². The number of benzene rings is 1. The third-order valence-electron chi connectivity index (χ3n) is 3.82. The van der Waals surface area contributed by atoms with Crippen LogP contribution >= 0.6 is 23.2 Å². The highest BCUT2D eigenvalue weighted by Crippen LogP contribution is 2.61. The summed E-state index contributed by atoms with van der Waals surface area (Å²) in [5.41, 5.74) is 0.799. The molecule has 20 heavy (non-hydrogen) atoms. The summed E-state index contributed by atoms with van der Waals surface area (Å²) in [6.07, 6.45) is 1.68. The van der Waals surface area contributed by atoms with Gasteiger partial charge in [-0.3, -0.25) is 4.79 Å². The summed E-state index contributed by atoms with van der Waals surface area (Å²) in [4.78, 5) is 11.2. The van der Waals surface area contributed by atoms with E-state index >= 15 is 0 Å². The second-order valence-electron chi connectivity index (χ2n) is 5.50. The van der Waals surface area contributed by atoms with Gasteiger partial charge in [-0.05, 0) is 29.2 Å². The zero-order chi connectivity index (χ0) is 15.1. The smallest absolute Gasteiger partial charge is 0.307 e. The predicted octanol–water partition coefficient (Wildman–Crippen LogP) is 4.26. The molecule has 2 unspecified atom stereocenters. The third-order valence-corrected chi connectivity index (χ3v) is 4.56. The van der Waals surface area contributed by atoms with Crippen LogP contribution in [0.4, 0.5) is 0 Å². The first-order valence-corrected chi connectivity index (χ1v) is 6.84. The highest BCUT2D eigenvalue weighted by atomic mass is 35.5. The minimum absolute atomic E-state index is 0.264. The van der Waals surface area contributed by atoms with Crippen molar-refractivity contribution in [1.82, 2.24) is 0 Å². The lowest BCUT2D eigenvalue weighted by Crippen LogP contribution is -2.03. The largest absolute Gasteiger partial charge is 0.481 e. The molecule has 5 heteroatoms. The number of rotatable bonds is 3. The molecule has 0 spiro atoms. The number of carboxylic acid groups (broad SMARTS) is 1. The van der Waals surface area contributed by atoms with Crippen LogP contribution in [0.5, 0.6) is 0 Å². The molecule has 0 heterocycles. The minimum atomic E-state index is -0.865. The van der Waals surface area contributed by atoms with E-state index in [1.807, 2.05) is 13.8 Å². The van der Waals surface area contributed by atoms with Crippen molar-refractivity contribution >= 4 is 35.2 Å². The van der Waals surface area contributed by atoms with E-state index in [0.717, 1.165) is 5.56 Å². The molecule has 1 aromatic rings. The van der Waals surface area contributed by atoms with Gasteiger partial charge in [-0.25, -0.2) is 0 Å². The Kier molecular flexibility index (Phi) is 3.82. The molecular weight excluding hydrogens is 297 g/mol. The fourth-order valence-electron chi connectivity index (χ4n) is 2.65. The first kappa shape index (κ1) is 14.9. The maximum absolute atomic E-state index is 11.2. The van der Waals surface area contributed by atoms with E-state index in [9.17, 15) is 15.2 Å². The Morgan fingerprint density at radius 3 is 2.45 bits per heavy atom. The zero-order valence-electron chi connectivity index (χ0n) is 11.0. The van der Waals surface area contributed by atoms with E-state index in [-0.39, 0.29) is 5.92 Å². The molecule has 1 N–H and O–H groups in total.